The van der Waals surface area contributed by atoms with Crippen LogP contribution in [-0.2, 0) is 9.53 Å². The van der Waals surface area contributed by atoms with E-state index >= 15 is 0 Å². The average Bonchev–Trinajstić information content (AvgIpc) is 3.12. The molecule has 162 valence electrons. The van der Waals surface area contributed by atoms with Gasteiger partial charge in [0.15, 0.2) is 0 Å². The van der Waals surface area contributed by atoms with Crippen LogP contribution in [0.2, 0.25) is 5.02 Å². The number of nitrogens with one attached hydrogen (secondary N) is 1. The highest BCUT2D eigenvalue weighted by molar-refractivity contribution is 6.34. The van der Waals surface area contributed by atoms with Crippen molar-refractivity contribution in [2.75, 3.05) is 13.1 Å². The van der Waals surface area contributed by atoms with Crippen molar-refractivity contribution < 1.29 is 14.3 Å². The van der Waals surface area contributed by atoms with Crippen LogP contribution in [0.15, 0.2) is 59.1 Å². The van der Waals surface area contributed by atoms with Crippen molar-refractivity contribution in [2.24, 2.45) is 4.99 Å². The van der Waals surface area contributed by atoms with Crippen LogP contribution in [0.1, 0.15) is 35.3 Å². The first-order valence-electron chi connectivity index (χ1n) is 10.2. The van der Waals surface area contributed by atoms with Crippen LogP contribution >= 0.6 is 11.6 Å². The first-order valence-corrected chi connectivity index (χ1v) is 10.6. The van der Waals surface area contributed by atoms with Gasteiger partial charge in [0.25, 0.3) is 11.8 Å². The first-order chi connectivity index (χ1) is 15.4. The predicted octanol–water partition coefficient (Wildman–Crippen LogP) is 3.40. The highest BCUT2D eigenvalue weighted by Crippen LogP contribution is 2.32. The minimum Gasteiger partial charge on any atom is -0.372 e. The number of hydrogen-bond acceptors (Lipinski definition) is 5. The summed E-state index contributed by atoms with van der Waals surface area (Å²) in [6.45, 7) is 4.56. The van der Waals surface area contributed by atoms with E-state index in [9.17, 15) is 14.9 Å². The van der Waals surface area contributed by atoms with E-state index < -0.39 is 11.8 Å². The highest BCUT2D eigenvalue weighted by atomic mass is 35.5. The molecular formula is C24H21ClN4O3. The lowest BCUT2D eigenvalue weighted by atomic mass is 10.0. The standard InChI is InChI=1S/C24H21ClN4O3/c1-14-12-29(13-15(2)32-14)24(31)19(11-26)21-16-7-3-4-8-17(16)22(27-21)28-23(30)18-9-5-6-10-20(18)25/h3-10,14-15H,12-13H2,1-2H3,(H,27,28,30)/b21-19-/t14-,15-/m0/s1. The third kappa shape index (κ3) is 4.15. The highest BCUT2D eigenvalue weighted by Gasteiger charge is 2.32. The fraction of sp³-hybridized carbons (Fsp3) is 0.250. The summed E-state index contributed by atoms with van der Waals surface area (Å²) in [6, 6.07) is 15.9. The number of fused-ring (bicyclic) bond motifs is 1. The van der Waals surface area contributed by atoms with Gasteiger partial charge in [0.2, 0.25) is 0 Å². The van der Waals surface area contributed by atoms with Crippen LogP contribution in [0, 0.1) is 11.3 Å². The molecule has 0 aliphatic carbocycles. The second-order valence-corrected chi connectivity index (χ2v) is 8.15. The van der Waals surface area contributed by atoms with Gasteiger partial charge in [-0.05, 0) is 26.0 Å². The number of carbonyl (C=O) groups excluding carboxylic acids is 2. The molecule has 0 bridgehead atoms. The second-order valence-electron chi connectivity index (χ2n) is 7.74. The van der Waals surface area contributed by atoms with Crippen LogP contribution < -0.4 is 5.32 Å². The lowest BCUT2D eigenvalue weighted by molar-refractivity contribution is -0.138. The monoisotopic (exact) mass is 448 g/mol. The molecule has 1 N–H and O–H groups in total. The van der Waals surface area contributed by atoms with E-state index in [1.807, 2.05) is 19.9 Å². The number of hydrogen-bond donors (Lipinski definition) is 1. The van der Waals surface area contributed by atoms with Gasteiger partial charge in [-0.3, -0.25) is 9.59 Å². The molecule has 0 unspecified atom stereocenters. The molecule has 4 rings (SSSR count). The molecule has 0 saturated carbocycles. The Morgan fingerprint density at radius 1 is 1.09 bits per heavy atom. The molecule has 2 aliphatic heterocycles. The summed E-state index contributed by atoms with van der Waals surface area (Å²) in [7, 11) is 0. The number of halogens is 1. The fourth-order valence-electron chi connectivity index (χ4n) is 3.94. The lowest BCUT2D eigenvalue weighted by Crippen LogP contribution is -2.48. The summed E-state index contributed by atoms with van der Waals surface area (Å²) >= 11 is 6.14. The lowest BCUT2D eigenvalue weighted by Gasteiger charge is -2.35. The number of carbonyl (C=O) groups is 2. The Hall–Kier alpha value is -3.47. The van der Waals surface area contributed by atoms with E-state index in [2.05, 4.69) is 10.3 Å². The smallest absolute Gasteiger partial charge is 0.266 e. The average molecular weight is 449 g/mol. The number of ether oxygens (including phenoxy) is 1. The zero-order valence-electron chi connectivity index (χ0n) is 17.6. The number of amides is 2. The molecule has 32 heavy (non-hydrogen) atoms. The largest absolute Gasteiger partial charge is 0.372 e. The zero-order chi connectivity index (χ0) is 22.8. The van der Waals surface area contributed by atoms with Crippen molar-refractivity contribution >= 4 is 34.9 Å². The van der Waals surface area contributed by atoms with Crippen molar-refractivity contribution in [3.63, 3.8) is 0 Å². The maximum absolute atomic E-state index is 13.2. The molecule has 2 amide bonds. The van der Waals surface area contributed by atoms with Crippen LogP contribution in [0.25, 0.3) is 5.70 Å². The number of nitriles is 1. The molecule has 0 spiro atoms. The summed E-state index contributed by atoms with van der Waals surface area (Å²) in [5.74, 6) is -0.558. The molecule has 1 saturated heterocycles. The predicted molar refractivity (Wildman–Crippen MR) is 121 cm³/mol. The summed E-state index contributed by atoms with van der Waals surface area (Å²) in [4.78, 5) is 32.1. The Morgan fingerprint density at radius 3 is 2.38 bits per heavy atom. The maximum atomic E-state index is 13.2. The van der Waals surface area contributed by atoms with E-state index in [-0.39, 0.29) is 29.3 Å². The van der Waals surface area contributed by atoms with Gasteiger partial charge in [0.1, 0.15) is 17.5 Å². The minimum absolute atomic E-state index is 0.0688. The summed E-state index contributed by atoms with van der Waals surface area (Å²) in [5, 5.41) is 13.0. The molecule has 2 atom stereocenters. The third-order valence-electron chi connectivity index (χ3n) is 5.28. The van der Waals surface area contributed by atoms with E-state index in [1.54, 1.807) is 53.4 Å². The van der Waals surface area contributed by atoms with Crippen molar-refractivity contribution in [3.05, 3.63) is 75.8 Å². The number of benzene rings is 2. The van der Waals surface area contributed by atoms with Gasteiger partial charge in [-0.2, -0.15) is 5.26 Å². The molecule has 2 aliphatic rings. The molecular weight excluding hydrogens is 428 g/mol. The van der Waals surface area contributed by atoms with Crippen molar-refractivity contribution in [1.82, 2.24) is 10.2 Å². The second kappa shape index (κ2) is 8.95. The Labute approximate surface area is 191 Å². The van der Waals surface area contributed by atoms with Gasteiger partial charge in [-0.1, -0.05) is 48.0 Å². The van der Waals surface area contributed by atoms with Crippen molar-refractivity contribution in [1.29, 1.82) is 5.26 Å². The van der Waals surface area contributed by atoms with Crippen LogP contribution in [0.5, 0.6) is 0 Å². The van der Waals surface area contributed by atoms with Crippen molar-refractivity contribution in [3.8, 4) is 6.07 Å². The Bertz CT molecular complexity index is 1190. The zero-order valence-corrected chi connectivity index (χ0v) is 18.4. The quantitative estimate of drug-likeness (QED) is 0.562. The molecule has 7 nitrogen and oxygen atoms in total. The van der Waals surface area contributed by atoms with Crippen molar-refractivity contribution in [2.45, 2.75) is 26.1 Å². The van der Waals surface area contributed by atoms with Crippen LogP contribution in [0.3, 0.4) is 0 Å². The third-order valence-corrected chi connectivity index (χ3v) is 5.61. The molecule has 2 aromatic carbocycles. The SMILES string of the molecule is C[C@H]1CN(C(=O)/C(C#N)=C2\N=C(NC(=O)c3ccccc3Cl)c3ccccc32)C[C@H](C)O1. The molecule has 2 heterocycles. The van der Waals surface area contributed by atoms with Gasteiger partial charge in [0, 0.05) is 24.2 Å². The maximum Gasteiger partial charge on any atom is 0.266 e. The number of amidine groups is 1. The normalized spacial score (nSPS) is 21.3. The van der Waals surface area contributed by atoms with E-state index in [1.165, 1.54) is 0 Å². The van der Waals surface area contributed by atoms with Gasteiger partial charge in [-0.15, -0.1) is 0 Å². The Morgan fingerprint density at radius 2 is 1.72 bits per heavy atom. The van der Waals surface area contributed by atoms with E-state index in [0.717, 1.165) is 0 Å². The fourth-order valence-corrected chi connectivity index (χ4v) is 4.16. The molecule has 0 radical (unpaired) electrons. The Kier molecular flexibility index (Phi) is 6.08. The van der Waals surface area contributed by atoms with E-state index in [4.69, 9.17) is 16.3 Å². The summed E-state index contributed by atoms with van der Waals surface area (Å²) in [6.07, 6.45) is -0.255. The minimum atomic E-state index is -0.425. The summed E-state index contributed by atoms with van der Waals surface area (Å²) in [5.41, 5.74) is 1.73. The molecule has 0 aromatic heterocycles. The van der Waals surface area contributed by atoms with Gasteiger partial charge < -0.3 is 15.0 Å². The van der Waals surface area contributed by atoms with Gasteiger partial charge in [0.05, 0.1) is 28.5 Å². The molecule has 1 fully saturated rings. The molecule has 8 heteroatoms. The number of nitrogens with zero attached hydrogens (tertiary/aromatic N) is 3. The first kappa shape index (κ1) is 21.8. The van der Waals surface area contributed by atoms with Gasteiger partial charge >= 0.3 is 0 Å². The summed E-state index contributed by atoms with van der Waals surface area (Å²) < 4.78 is 5.70. The topological polar surface area (TPSA) is 94.8 Å². The number of morpholine rings is 1. The Balaban J connectivity index is 1.71. The van der Waals surface area contributed by atoms with Crippen LogP contribution in [-0.4, -0.2) is 47.8 Å². The number of rotatable bonds is 2. The van der Waals surface area contributed by atoms with Gasteiger partial charge in [-0.25, -0.2) is 4.99 Å². The van der Waals surface area contributed by atoms with E-state index in [0.29, 0.717) is 34.8 Å². The van der Waals surface area contributed by atoms with Crippen LogP contribution in [0.4, 0.5) is 0 Å². The molecule has 2 aromatic rings. The number of aliphatic imine (C=N–C) groups is 1.